The summed E-state index contributed by atoms with van der Waals surface area (Å²) in [6.45, 7) is 5.99. The minimum Gasteiger partial charge on any atom is -0.327 e. The summed E-state index contributed by atoms with van der Waals surface area (Å²) in [6.07, 6.45) is 7.54. The highest BCUT2D eigenvalue weighted by Gasteiger charge is 2.09. The lowest BCUT2D eigenvalue weighted by Crippen LogP contribution is -2.08. The molecule has 1 aromatic carbocycles. The van der Waals surface area contributed by atoms with Crippen LogP contribution in [0, 0.1) is 0 Å². The fourth-order valence-electron chi connectivity index (χ4n) is 2.72. The summed E-state index contributed by atoms with van der Waals surface area (Å²) in [5.41, 5.74) is 9.53. The SMILES string of the molecule is CCCCCCCn1c(CN)nc2cc(CC)ccc21. The average Bonchev–Trinajstić information content (AvgIpc) is 2.84. The molecule has 0 atom stereocenters. The first kappa shape index (κ1) is 15.0. The van der Waals surface area contributed by atoms with Crippen molar-refractivity contribution < 1.29 is 0 Å². The van der Waals surface area contributed by atoms with Gasteiger partial charge in [-0.25, -0.2) is 4.98 Å². The van der Waals surface area contributed by atoms with Crippen LogP contribution in [0.2, 0.25) is 0 Å². The first-order valence-corrected chi connectivity index (χ1v) is 7.98. The van der Waals surface area contributed by atoms with Crippen LogP contribution in [0.15, 0.2) is 18.2 Å². The predicted molar refractivity (Wildman–Crippen MR) is 85.8 cm³/mol. The van der Waals surface area contributed by atoms with Crippen LogP contribution in [-0.2, 0) is 19.5 Å². The first-order valence-electron chi connectivity index (χ1n) is 7.98. The van der Waals surface area contributed by atoms with Crippen LogP contribution < -0.4 is 5.73 Å². The molecule has 0 saturated carbocycles. The van der Waals surface area contributed by atoms with Gasteiger partial charge in [-0.3, -0.25) is 0 Å². The number of nitrogens with zero attached hydrogens (tertiary/aromatic N) is 2. The number of hydrogen-bond acceptors (Lipinski definition) is 2. The Morgan fingerprint density at radius 2 is 1.90 bits per heavy atom. The second kappa shape index (κ2) is 7.44. The number of aromatic nitrogens is 2. The molecule has 0 radical (unpaired) electrons. The summed E-state index contributed by atoms with van der Waals surface area (Å²) in [6, 6.07) is 6.60. The monoisotopic (exact) mass is 273 g/mol. The normalized spacial score (nSPS) is 11.3. The molecule has 0 aliphatic carbocycles. The number of aryl methyl sites for hydroxylation is 2. The van der Waals surface area contributed by atoms with Gasteiger partial charge in [0.15, 0.2) is 0 Å². The molecule has 1 heterocycles. The molecular formula is C17H27N3. The number of hydrogen-bond donors (Lipinski definition) is 1. The highest BCUT2D eigenvalue weighted by molar-refractivity contribution is 5.77. The fourth-order valence-corrected chi connectivity index (χ4v) is 2.72. The Hall–Kier alpha value is -1.35. The van der Waals surface area contributed by atoms with E-state index in [1.54, 1.807) is 0 Å². The molecule has 0 saturated heterocycles. The number of rotatable bonds is 8. The third-order valence-corrected chi connectivity index (χ3v) is 3.97. The summed E-state index contributed by atoms with van der Waals surface area (Å²) in [7, 11) is 0. The maximum absolute atomic E-state index is 5.85. The molecule has 0 fully saturated rings. The van der Waals surface area contributed by atoms with E-state index in [0.717, 1.165) is 24.3 Å². The van der Waals surface area contributed by atoms with Crippen LogP contribution in [0.25, 0.3) is 11.0 Å². The third kappa shape index (κ3) is 3.40. The highest BCUT2D eigenvalue weighted by atomic mass is 15.1. The second-order valence-corrected chi connectivity index (χ2v) is 5.47. The van der Waals surface area contributed by atoms with Gasteiger partial charge in [-0.1, -0.05) is 45.6 Å². The summed E-state index contributed by atoms with van der Waals surface area (Å²) >= 11 is 0. The molecule has 0 aliphatic rings. The number of nitrogens with two attached hydrogens (primary N) is 1. The quantitative estimate of drug-likeness (QED) is 0.738. The zero-order chi connectivity index (χ0) is 14.4. The zero-order valence-electron chi connectivity index (χ0n) is 12.9. The van der Waals surface area contributed by atoms with Crippen molar-refractivity contribution in [3.8, 4) is 0 Å². The van der Waals surface area contributed by atoms with Gasteiger partial charge >= 0.3 is 0 Å². The van der Waals surface area contributed by atoms with E-state index < -0.39 is 0 Å². The molecule has 1 aromatic heterocycles. The number of imidazole rings is 1. The van der Waals surface area contributed by atoms with Crippen molar-refractivity contribution in [3.05, 3.63) is 29.6 Å². The lowest BCUT2D eigenvalue weighted by molar-refractivity contribution is 0.562. The van der Waals surface area contributed by atoms with E-state index in [2.05, 4.69) is 36.6 Å². The Balaban J connectivity index is 2.13. The molecule has 0 spiro atoms. The van der Waals surface area contributed by atoms with Crippen LogP contribution in [0.3, 0.4) is 0 Å². The second-order valence-electron chi connectivity index (χ2n) is 5.47. The van der Waals surface area contributed by atoms with Crippen LogP contribution in [0.5, 0.6) is 0 Å². The van der Waals surface area contributed by atoms with Gasteiger partial charge in [-0.15, -0.1) is 0 Å². The van der Waals surface area contributed by atoms with Gasteiger partial charge in [0.25, 0.3) is 0 Å². The largest absolute Gasteiger partial charge is 0.327 e. The van der Waals surface area contributed by atoms with E-state index in [1.165, 1.54) is 43.2 Å². The Morgan fingerprint density at radius 3 is 2.60 bits per heavy atom. The molecule has 3 nitrogen and oxygen atoms in total. The molecule has 0 aliphatic heterocycles. The lowest BCUT2D eigenvalue weighted by Gasteiger charge is -2.08. The van der Waals surface area contributed by atoms with Gasteiger partial charge in [-0.05, 0) is 30.5 Å². The molecule has 2 rings (SSSR count). The Kier molecular flexibility index (Phi) is 5.60. The fraction of sp³-hybridized carbons (Fsp3) is 0.588. The summed E-state index contributed by atoms with van der Waals surface area (Å²) < 4.78 is 2.31. The minimum atomic E-state index is 0.519. The van der Waals surface area contributed by atoms with Crippen molar-refractivity contribution in [1.29, 1.82) is 0 Å². The summed E-state index contributed by atoms with van der Waals surface area (Å²) in [4.78, 5) is 4.69. The number of unbranched alkanes of at least 4 members (excludes halogenated alkanes) is 4. The number of fused-ring (bicyclic) bond motifs is 1. The zero-order valence-corrected chi connectivity index (χ0v) is 12.9. The van der Waals surface area contributed by atoms with Gasteiger partial charge in [0.2, 0.25) is 0 Å². The molecule has 0 amide bonds. The van der Waals surface area contributed by atoms with Crippen LogP contribution in [-0.4, -0.2) is 9.55 Å². The Labute approximate surface area is 122 Å². The van der Waals surface area contributed by atoms with E-state index in [0.29, 0.717) is 6.54 Å². The lowest BCUT2D eigenvalue weighted by atomic mass is 10.1. The summed E-state index contributed by atoms with van der Waals surface area (Å²) in [5, 5.41) is 0. The van der Waals surface area contributed by atoms with Gasteiger partial charge in [0, 0.05) is 6.54 Å². The van der Waals surface area contributed by atoms with E-state index >= 15 is 0 Å². The topological polar surface area (TPSA) is 43.8 Å². The van der Waals surface area contributed by atoms with Gasteiger partial charge in [0.1, 0.15) is 5.82 Å². The van der Waals surface area contributed by atoms with Gasteiger partial charge < -0.3 is 10.3 Å². The van der Waals surface area contributed by atoms with Gasteiger partial charge in [-0.2, -0.15) is 0 Å². The van der Waals surface area contributed by atoms with E-state index in [9.17, 15) is 0 Å². The molecule has 2 aromatic rings. The van der Waals surface area contributed by atoms with Crippen molar-refractivity contribution in [2.45, 2.75) is 65.5 Å². The molecule has 110 valence electrons. The summed E-state index contributed by atoms with van der Waals surface area (Å²) in [5.74, 6) is 1.02. The van der Waals surface area contributed by atoms with E-state index in [1.807, 2.05) is 0 Å². The van der Waals surface area contributed by atoms with Crippen molar-refractivity contribution in [2.75, 3.05) is 0 Å². The first-order chi connectivity index (χ1) is 9.80. The van der Waals surface area contributed by atoms with Gasteiger partial charge in [0.05, 0.1) is 17.6 Å². The van der Waals surface area contributed by atoms with Crippen molar-refractivity contribution >= 4 is 11.0 Å². The standard InChI is InChI=1S/C17H27N3/c1-3-5-6-7-8-11-20-16-10-9-14(4-2)12-15(16)19-17(20)13-18/h9-10,12H,3-8,11,13,18H2,1-2H3. The molecule has 0 bridgehead atoms. The predicted octanol–water partition coefficient (Wildman–Crippen LogP) is 4.03. The van der Waals surface area contributed by atoms with E-state index in [4.69, 9.17) is 10.7 Å². The number of benzene rings is 1. The van der Waals surface area contributed by atoms with Crippen LogP contribution in [0.1, 0.15) is 57.3 Å². The molecule has 3 heteroatoms. The molecule has 2 N–H and O–H groups in total. The van der Waals surface area contributed by atoms with Crippen LogP contribution >= 0.6 is 0 Å². The molecular weight excluding hydrogens is 246 g/mol. The minimum absolute atomic E-state index is 0.519. The van der Waals surface area contributed by atoms with Crippen molar-refractivity contribution in [2.24, 2.45) is 5.73 Å². The van der Waals surface area contributed by atoms with Crippen LogP contribution in [0.4, 0.5) is 0 Å². The van der Waals surface area contributed by atoms with Crippen molar-refractivity contribution in [3.63, 3.8) is 0 Å². The third-order valence-electron chi connectivity index (χ3n) is 3.97. The molecule has 20 heavy (non-hydrogen) atoms. The highest BCUT2D eigenvalue weighted by Crippen LogP contribution is 2.19. The van der Waals surface area contributed by atoms with E-state index in [-0.39, 0.29) is 0 Å². The maximum atomic E-state index is 5.85. The Morgan fingerprint density at radius 1 is 1.10 bits per heavy atom. The average molecular weight is 273 g/mol. The molecule has 0 unspecified atom stereocenters. The van der Waals surface area contributed by atoms with Crippen molar-refractivity contribution in [1.82, 2.24) is 9.55 Å². The maximum Gasteiger partial charge on any atom is 0.123 e. The smallest absolute Gasteiger partial charge is 0.123 e. The Bertz CT molecular complexity index is 542.